The van der Waals surface area contributed by atoms with Crippen molar-refractivity contribution in [1.29, 1.82) is 0 Å². The third-order valence-electron chi connectivity index (χ3n) is 5.91. The molecular formula is C17H34N2O. The van der Waals surface area contributed by atoms with Gasteiger partial charge in [-0.05, 0) is 33.2 Å². The minimum absolute atomic E-state index is 0.0787. The van der Waals surface area contributed by atoms with Crippen LogP contribution in [0.5, 0.6) is 0 Å². The zero-order chi connectivity index (χ0) is 15.0. The maximum absolute atomic E-state index is 6.89. The molecule has 1 aliphatic carbocycles. The summed E-state index contributed by atoms with van der Waals surface area (Å²) in [4.78, 5) is 2.59. The number of ether oxygens (including phenoxy) is 1. The maximum Gasteiger partial charge on any atom is 0.0691 e. The molecule has 3 heteroatoms. The summed E-state index contributed by atoms with van der Waals surface area (Å²) in [6.45, 7) is 14.5. The van der Waals surface area contributed by atoms with Gasteiger partial charge in [0.15, 0.2) is 0 Å². The molecule has 118 valence electrons. The predicted octanol–water partition coefficient (Wildman–Crippen LogP) is 3.03. The molecule has 20 heavy (non-hydrogen) atoms. The molecule has 0 aromatic carbocycles. The van der Waals surface area contributed by atoms with Crippen LogP contribution in [0.25, 0.3) is 0 Å². The van der Waals surface area contributed by atoms with E-state index in [0.717, 1.165) is 19.6 Å². The molecule has 2 fully saturated rings. The van der Waals surface area contributed by atoms with Crippen LogP contribution in [0.1, 0.15) is 60.3 Å². The van der Waals surface area contributed by atoms with Crippen LogP contribution in [0.3, 0.4) is 0 Å². The molecule has 0 radical (unpaired) electrons. The summed E-state index contributed by atoms with van der Waals surface area (Å²) < 4.78 is 5.90. The zero-order valence-electron chi connectivity index (χ0n) is 14.1. The Morgan fingerprint density at radius 3 is 2.60 bits per heavy atom. The number of hydrogen-bond acceptors (Lipinski definition) is 3. The Hall–Kier alpha value is -0.120. The van der Waals surface area contributed by atoms with E-state index in [2.05, 4.69) is 39.5 Å². The van der Waals surface area contributed by atoms with Gasteiger partial charge in [0, 0.05) is 36.1 Å². The van der Waals surface area contributed by atoms with E-state index in [4.69, 9.17) is 10.5 Å². The first-order valence-electron chi connectivity index (χ1n) is 8.49. The van der Waals surface area contributed by atoms with E-state index >= 15 is 0 Å². The lowest BCUT2D eigenvalue weighted by molar-refractivity contribution is -0.164. The van der Waals surface area contributed by atoms with Crippen LogP contribution in [0, 0.1) is 11.3 Å². The van der Waals surface area contributed by atoms with Crippen LogP contribution < -0.4 is 5.73 Å². The fraction of sp³-hybridized carbons (Fsp3) is 1.00. The van der Waals surface area contributed by atoms with E-state index in [1.165, 1.54) is 25.8 Å². The normalized spacial score (nSPS) is 35.4. The fourth-order valence-electron chi connectivity index (χ4n) is 4.22. The number of fused-ring (bicyclic) bond motifs is 1. The number of unbranched alkanes of at least 4 members (excludes halogenated alkanes) is 2. The molecule has 0 amide bonds. The number of nitrogens with zero attached hydrogens (tertiary/aromatic N) is 1. The number of nitrogens with two attached hydrogens (primary N) is 1. The Morgan fingerprint density at radius 2 is 2.00 bits per heavy atom. The third kappa shape index (κ3) is 2.53. The average Bonchev–Trinajstić information content (AvgIpc) is 2.85. The van der Waals surface area contributed by atoms with Crippen LogP contribution in [0.15, 0.2) is 0 Å². The summed E-state index contributed by atoms with van der Waals surface area (Å²) in [5, 5.41) is 0. The third-order valence-corrected chi connectivity index (χ3v) is 5.91. The van der Waals surface area contributed by atoms with Crippen LogP contribution in [0.4, 0.5) is 0 Å². The predicted molar refractivity (Wildman–Crippen MR) is 84.8 cm³/mol. The van der Waals surface area contributed by atoms with Crippen molar-refractivity contribution in [1.82, 2.24) is 4.90 Å². The fourth-order valence-corrected chi connectivity index (χ4v) is 4.22. The second-order valence-electron chi connectivity index (χ2n) is 7.72. The molecule has 0 spiro atoms. The molecule has 0 bridgehead atoms. The van der Waals surface area contributed by atoms with E-state index in [0.29, 0.717) is 18.1 Å². The molecule has 0 aromatic heterocycles. The van der Waals surface area contributed by atoms with Crippen molar-refractivity contribution in [2.24, 2.45) is 17.1 Å². The second-order valence-corrected chi connectivity index (χ2v) is 7.72. The molecule has 2 rings (SSSR count). The Labute approximate surface area is 125 Å². The van der Waals surface area contributed by atoms with Crippen molar-refractivity contribution >= 4 is 0 Å². The minimum Gasteiger partial charge on any atom is -0.377 e. The topological polar surface area (TPSA) is 38.5 Å². The van der Waals surface area contributed by atoms with Crippen molar-refractivity contribution < 1.29 is 4.74 Å². The summed E-state index contributed by atoms with van der Waals surface area (Å²) >= 11 is 0. The summed E-state index contributed by atoms with van der Waals surface area (Å²) in [5.74, 6) is 0.560. The van der Waals surface area contributed by atoms with Gasteiger partial charge in [-0.2, -0.15) is 0 Å². The Morgan fingerprint density at radius 1 is 1.30 bits per heavy atom. The van der Waals surface area contributed by atoms with Gasteiger partial charge in [-0.3, -0.25) is 4.90 Å². The van der Waals surface area contributed by atoms with Crippen LogP contribution in [-0.4, -0.2) is 42.3 Å². The van der Waals surface area contributed by atoms with Gasteiger partial charge in [-0.1, -0.05) is 33.6 Å². The average molecular weight is 282 g/mol. The summed E-state index contributed by atoms with van der Waals surface area (Å²) in [6, 6.07) is 0.574. The van der Waals surface area contributed by atoms with E-state index < -0.39 is 0 Å². The molecule has 0 aromatic rings. The van der Waals surface area contributed by atoms with Crippen molar-refractivity contribution in [3.8, 4) is 0 Å². The van der Waals surface area contributed by atoms with Crippen molar-refractivity contribution in [3.05, 3.63) is 0 Å². The van der Waals surface area contributed by atoms with Gasteiger partial charge in [0.05, 0.1) is 6.10 Å². The van der Waals surface area contributed by atoms with Crippen LogP contribution >= 0.6 is 0 Å². The Bertz CT molecular complexity index is 329. The van der Waals surface area contributed by atoms with Crippen LogP contribution in [0.2, 0.25) is 0 Å². The molecule has 1 saturated carbocycles. The molecule has 1 aliphatic heterocycles. The first-order valence-corrected chi connectivity index (χ1v) is 8.49. The van der Waals surface area contributed by atoms with E-state index in [-0.39, 0.29) is 11.0 Å². The highest BCUT2D eigenvalue weighted by Crippen LogP contribution is 2.58. The lowest BCUT2D eigenvalue weighted by Gasteiger charge is -2.63. The maximum atomic E-state index is 6.89. The zero-order valence-corrected chi connectivity index (χ0v) is 14.1. The molecular weight excluding hydrogens is 248 g/mol. The molecule has 1 saturated heterocycles. The van der Waals surface area contributed by atoms with Crippen molar-refractivity contribution in [2.75, 3.05) is 19.7 Å². The number of hydrogen-bond donors (Lipinski definition) is 1. The highest BCUT2D eigenvalue weighted by molar-refractivity contribution is 5.21. The van der Waals surface area contributed by atoms with E-state index in [9.17, 15) is 0 Å². The standard InChI is InChI=1S/C17H34N2O/c1-6-7-8-10-19(13(2)3)12-17(18)14-9-11-20-15(14)16(17,4)5/h13-15H,6-12,18H2,1-5H3. The Kier molecular flexibility index (Phi) is 4.83. The lowest BCUT2D eigenvalue weighted by atomic mass is 9.48. The summed E-state index contributed by atoms with van der Waals surface area (Å²) in [7, 11) is 0. The van der Waals surface area contributed by atoms with Crippen molar-refractivity contribution in [3.63, 3.8) is 0 Å². The highest BCUT2D eigenvalue weighted by atomic mass is 16.5. The van der Waals surface area contributed by atoms with Gasteiger partial charge < -0.3 is 10.5 Å². The van der Waals surface area contributed by atoms with Gasteiger partial charge in [0.2, 0.25) is 0 Å². The number of rotatable bonds is 7. The van der Waals surface area contributed by atoms with Gasteiger partial charge in [-0.15, -0.1) is 0 Å². The summed E-state index contributed by atoms with van der Waals surface area (Å²) in [6.07, 6.45) is 5.42. The van der Waals surface area contributed by atoms with Gasteiger partial charge in [-0.25, -0.2) is 0 Å². The van der Waals surface area contributed by atoms with Crippen molar-refractivity contribution in [2.45, 2.75) is 78.0 Å². The molecule has 1 heterocycles. The summed E-state index contributed by atoms with van der Waals surface area (Å²) in [5.41, 5.74) is 6.91. The molecule has 2 N–H and O–H groups in total. The molecule has 3 nitrogen and oxygen atoms in total. The molecule has 3 unspecified atom stereocenters. The quantitative estimate of drug-likeness (QED) is 0.729. The van der Waals surface area contributed by atoms with Crippen LogP contribution in [-0.2, 0) is 4.74 Å². The first kappa shape index (κ1) is 16.3. The molecule has 3 atom stereocenters. The smallest absolute Gasteiger partial charge is 0.0691 e. The first-order chi connectivity index (χ1) is 9.34. The lowest BCUT2D eigenvalue weighted by Crippen LogP contribution is -2.78. The highest BCUT2D eigenvalue weighted by Gasteiger charge is 2.67. The van der Waals surface area contributed by atoms with Gasteiger partial charge in [0.25, 0.3) is 0 Å². The SMILES string of the molecule is CCCCCN(CC1(N)C2CCOC2C1(C)C)C(C)C. The van der Waals surface area contributed by atoms with E-state index in [1.54, 1.807) is 0 Å². The van der Waals surface area contributed by atoms with E-state index in [1.807, 2.05) is 0 Å². The van der Waals surface area contributed by atoms with Gasteiger partial charge >= 0.3 is 0 Å². The largest absolute Gasteiger partial charge is 0.377 e. The monoisotopic (exact) mass is 282 g/mol. The second kappa shape index (κ2) is 5.94. The Balaban J connectivity index is 2.01. The van der Waals surface area contributed by atoms with Gasteiger partial charge in [0.1, 0.15) is 0 Å². The molecule has 2 aliphatic rings. The minimum atomic E-state index is -0.0787.